The van der Waals surface area contributed by atoms with Gasteiger partial charge in [0.15, 0.2) is 0 Å². The number of nitrogens with one attached hydrogen (secondary N) is 1. The average molecular weight is 309 g/mol. The van der Waals surface area contributed by atoms with Crippen LogP contribution in [0.4, 0.5) is 5.69 Å². The fourth-order valence-electron chi connectivity index (χ4n) is 1.59. The lowest BCUT2D eigenvalue weighted by Gasteiger charge is -2.12. The number of benzene rings is 2. The highest BCUT2D eigenvalue weighted by atomic mass is 35.5. The van der Waals surface area contributed by atoms with E-state index in [1.165, 1.54) is 30.3 Å². The number of rotatable bonds is 3. The van der Waals surface area contributed by atoms with Crippen LogP contribution in [0.5, 0.6) is 0 Å². The van der Waals surface area contributed by atoms with Crippen LogP contribution in [-0.4, -0.2) is 11.9 Å². The fourth-order valence-corrected chi connectivity index (χ4v) is 1.89. The van der Waals surface area contributed by atoms with Crippen LogP contribution in [0.1, 0.15) is 20.7 Å². The van der Waals surface area contributed by atoms with E-state index in [1.807, 2.05) is 0 Å². The number of aromatic carboxylic acids is 1. The molecule has 1 N–H and O–H groups in total. The molecule has 102 valence electrons. The number of amides is 1. The van der Waals surface area contributed by atoms with Gasteiger partial charge in [0.1, 0.15) is 0 Å². The molecular formula is C14H8Cl2NO3-. The number of carbonyl (C=O) groups is 2. The Labute approximate surface area is 124 Å². The first kappa shape index (κ1) is 14.4. The van der Waals surface area contributed by atoms with Gasteiger partial charge in [-0.1, -0.05) is 23.2 Å². The highest BCUT2D eigenvalue weighted by Crippen LogP contribution is 2.21. The zero-order valence-electron chi connectivity index (χ0n) is 10.0. The number of halogens is 2. The molecule has 0 aliphatic rings. The van der Waals surface area contributed by atoms with E-state index in [-0.39, 0.29) is 16.3 Å². The Morgan fingerprint density at radius 1 is 0.950 bits per heavy atom. The molecule has 6 heteroatoms. The second-order valence-corrected chi connectivity index (χ2v) is 4.81. The summed E-state index contributed by atoms with van der Waals surface area (Å²) in [4.78, 5) is 23.0. The van der Waals surface area contributed by atoms with Gasteiger partial charge in [-0.3, -0.25) is 4.79 Å². The molecular weight excluding hydrogens is 301 g/mol. The Kier molecular flexibility index (Phi) is 4.27. The summed E-state index contributed by atoms with van der Waals surface area (Å²) in [5.41, 5.74) is 0.294. The van der Waals surface area contributed by atoms with Crippen LogP contribution < -0.4 is 10.4 Å². The number of hydrogen-bond donors (Lipinski definition) is 1. The molecule has 0 saturated carbocycles. The summed E-state index contributed by atoms with van der Waals surface area (Å²) in [6, 6.07) is 10.3. The minimum atomic E-state index is -1.42. The molecule has 0 aliphatic heterocycles. The molecule has 0 heterocycles. The molecule has 0 spiro atoms. The van der Waals surface area contributed by atoms with E-state index in [0.717, 1.165) is 0 Å². The standard InChI is InChI=1S/C14H9Cl2NO3/c15-9-3-1-8(2-4-9)13(18)17-12-6-5-10(16)7-11(12)14(19)20/h1-7H,(H,17,18)(H,19,20)/p-1. The predicted molar refractivity (Wildman–Crippen MR) is 75.2 cm³/mol. The first-order valence-corrected chi connectivity index (χ1v) is 6.31. The van der Waals surface area contributed by atoms with E-state index in [4.69, 9.17) is 23.2 Å². The molecule has 4 nitrogen and oxygen atoms in total. The van der Waals surface area contributed by atoms with Crippen LogP contribution in [0, 0.1) is 0 Å². The van der Waals surface area contributed by atoms with Crippen molar-refractivity contribution >= 4 is 40.8 Å². The third-order valence-corrected chi connectivity index (χ3v) is 3.04. The van der Waals surface area contributed by atoms with Crippen molar-refractivity contribution in [2.24, 2.45) is 0 Å². The lowest BCUT2D eigenvalue weighted by Crippen LogP contribution is -2.24. The van der Waals surface area contributed by atoms with Gasteiger partial charge in [-0.15, -0.1) is 0 Å². The molecule has 0 unspecified atom stereocenters. The molecule has 20 heavy (non-hydrogen) atoms. The molecule has 0 radical (unpaired) electrons. The van der Waals surface area contributed by atoms with Gasteiger partial charge >= 0.3 is 0 Å². The number of hydrogen-bond acceptors (Lipinski definition) is 3. The lowest BCUT2D eigenvalue weighted by molar-refractivity contribution is -0.254. The van der Waals surface area contributed by atoms with Crippen molar-refractivity contribution in [3.8, 4) is 0 Å². The van der Waals surface area contributed by atoms with Crippen LogP contribution in [0.3, 0.4) is 0 Å². The maximum absolute atomic E-state index is 12.0. The zero-order valence-corrected chi connectivity index (χ0v) is 11.5. The molecule has 2 aromatic rings. The molecule has 0 aromatic heterocycles. The normalized spacial score (nSPS) is 10.1. The van der Waals surface area contributed by atoms with Gasteiger partial charge in [0.05, 0.1) is 11.7 Å². The van der Waals surface area contributed by atoms with Crippen molar-refractivity contribution in [1.29, 1.82) is 0 Å². The number of carboxylic acids is 1. The zero-order chi connectivity index (χ0) is 14.7. The maximum Gasteiger partial charge on any atom is 0.255 e. The molecule has 0 aliphatic carbocycles. The monoisotopic (exact) mass is 308 g/mol. The Hall–Kier alpha value is -2.04. The van der Waals surface area contributed by atoms with Gasteiger partial charge in [-0.2, -0.15) is 0 Å². The Balaban J connectivity index is 2.28. The Bertz CT molecular complexity index is 669. The number of anilines is 1. The first-order valence-electron chi connectivity index (χ1n) is 5.55. The third kappa shape index (κ3) is 3.29. The smallest absolute Gasteiger partial charge is 0.255 e. The topological polar surface area (TPSA) is 69.2 Å². The van der Waals surface area contributed by atoms with Crippen LogP contribution in [0.2, 0.25) is 10.0 Å². The summed E-state index contributed by atoms with van der Waals surface area (Å²) in [6.45, 7) is 0. The van der Waals surface area contributed by atoms with Crippen molar-refractivity contribution in [3.05, 3.63) is 63.6 Å². The minimum absolute atomic E-state index is 0.120. The molecule has 2 rings (SSSR count). The molecule has 0 saturated heterocycles. The van der Waals surface area contributed by atoms with Gasteiger partial charge in [-0.25, -0.2) is 0 Å². The maximum atomic E-state index is 12.0. The van der Waals surface area contributed by atoms with Crippen LogP contribution >= 0.6 is 23.2 Å². The Morgan fingerprint density at radius 2 is 1.55 bits per heavy atom. The van der Waals surface area contributed by atoms with Crippen molar-refractivity contribution in [3.63, 3.8) is 0 Å². The summed E-state index contributed by atoms with van der Waals surface area (Å²) in [6.07, 6.45) is 0. The van der Waals surface area contributed by atoms with Crippen LogP contribution in [-0.2, 0) is 0 Å². The van der Waals surface area contributed by atoms with Gasteiger partial charge < -0.3 is 15.2 Å². The van der Waals surface area contributed by atoms with Crippen LogP contribution in [0.25, 0.3) is 0 Å². The molecule has 0 atom stereocenters. The minimum Gasteiger partial charge on any atom is -0.545 e. The summed E-state index contributed by atoms with van der Waals surface area (Å²) >= 11 is 11.4. The Morgan fingerprint density at radius 3 is 2.15 bits per heavy atom. The largest absolute Gasteiger partial charge is 0.545 e. The number of carbonyl (C=O) groups excluding carboxylic acids is 2. The van der Waals surface area contributed by atoms with Crippen molar-refractivity contribution in [2.45, 2.75) is 0 Å². The molecule has 0 fully saturated rings. The van der Waals surface area contributed by atoms with Gasteiger partial charge in [0.2, 0.25) is 0 Å². The SMILES string of the molecule is O=C(Nc1ccc(Cl)cc1C(=O)[O-])c1ccc(Cl)cc1. The lowest BCUT2D eigenvalue weighted by atomic mass is 10.1. The molecule has 1 amide bonds. The average Bonchev–Trinajstić information content (AvgIpc) is 2.41. The van der Waals surface area contributed by atoms with E-state index < -0.39 is 11.9 Å². The highest BCUT2D eigenvalue weighted by Gasteiger charge is 2.10. The first-order chi connectivity index (χ1) is 9.47. The summed E-state index contributed by atoms with van der Waals surface area (Å²) < 4.78 is 0. The van der Waals surface area contributed by atoms with Crippen molar-refractivity contribution < 1.29 is 14.7 Å². The molecule has 2 aromatic carbocycles. The van der Waals surface area contributed by atoms with Gasteiger partial charge in [-0.05, 0) is 42.5 Å². The van der Waals surface area contributed by atoms with E-state index in [1.54, 1.807) is 12.1 Å². The summed E-state index contributed by atoms with van der Waals surface area (Å²) in [7, 11) is 0. The molecule has 0 bridgehead atoms. The van der Waals surface area contributed by atoms with E-state index in [2.05, 4.69) is 5.32 Å². The van der Waals surface area contributed by atoms with Crippen LogP contribution in [0.15, 0.2) is 42.5 Å². The second kappa shape index (κ2) is 5.94. The van der Waals surface area contributed by atoms with E-state index >= 15 is 0 Å². The highest BCUT2D eigenvalue weighted by molar-refractivity contribution is 6.31. The third-order valence-electron chi connectivity index (χ3n) is 2.56. The predicted octanol–water partition coefficient (Wildman–Crippen LogP) is 2.61. The van der Waals surface area contributed by atoms with Gasteiger partial charge in [0.25, 0.3) is 5.91 Å². The van der Waals surface area contributed by atoms with Gasteiger partial charge in [0, 0.05) is 21.2 Å². The second-order valence-electron chi connectivity index (χ2n) is 3.94. The fraction of sp³-hybridized carbons (Fsp3) is 0. The van der Waals surface area contributed by atoms with Crippen molar-refractivity contribution in [1.82, 2.24) is 0 Å². The van der Waals surface area contributed by atoms with Crippen molar-refractivity contribution in [2.75, 3.05) is 5.32 Å². The van der Waals surface area contributed by atoms with E-state index in [0.29, 0.717) is 10.6 Å². The number of carboxylic acid groups (broad SMARTS) is 1. The summed E-state index contributed by atoms with van der Waals surface area (Å²) in [5, 5.41) is 14.2. The quantitative estimate of drug-likeness (QED) is 0.947. The summed E-state index contributed by atoms with van der Waals surface area (Å²) in [5.74, 6) is -1.87. The van der Waals surface area contributed by atoms with E-state index in [9.17, 15) is 14.7 Å².